The van der Waals surface area contributed by atoms with Gasteiger partial charge in [-0.25, -0.2) is 4.39 Å². The molecular formula is C16H22FN3O. The quantitative estimate of drug-likeness (QED) is 0.442. The van der Waals surface area contributed by atoms with Crippen LogP contribution in [-0.2, 0) is 0 Å². The van der Waals surface area contributed by atoms with Crippen molar-refractivity contribution in [2.24, 2.45) is 4.99 Å². The Labute approximate surface area is 124 Å². The van der Waals surface area contributed by atoms with Crippen molar-refractivity contribution in [3.05, 3.63) is 47.8 Å². The number of rotatable bonds is 5. The minimum absolute atomic E-state index is 0.121. The molecule has 21 heavy (non-hydrogen) atoms. The molecule has 1 aliphatic rings. The normalized spacial score (nSPS) is 17.0. The first-order chi connectivity index (χ1) is 10.2. The predicted octanol–water partition coefficient (Wildman–Crippen LogP) is 2.13. The molecule has 0 saturated heterocycles. The summed E-state index contributed by atoms with van der Waals surface area (Å²) in [5.74, 6) is 0.250. The molecule has 0 radical (unpaired) electrons. The van der Waals surface area contributed by atoms with Crippen LogP contribution in [0, 0.1) is 5.82 Å². The van der Waals surface area contributed by atoms with Crippen LogP contribution < -0.4 is 10.6 Å². The lowest BCUT2D eigenvalue weighted by atomic mass is 10.1. The second-order valence-electron chi connectivity index (χ2n) is 5.04. The molecule has 0 aromatic heterocycles. The summed E-state index contributed by atoms with van der Waals surface area (Å²) in [6.07, 6.45) is 5.27. The van der Waals surface area contributed by atoms with E-state index in [9.17, 15) is 9.50 Å². The van der Waals surface area contributed by atoms with Crippen molar-refractivity contribution < 1.29 is 9.50 Å². The third-order valence-electron chi connectivity index (χ3n) is 3.38. The Morgan fingerprint density at radius 3 is 2.76 bits per heavy atom. The Hall–Kier alpha value is -1.88. The van der Waals surface area contributed by atoms with Gasteiger partial charge in [0.2, 0.25) is 0 Å². The summed E-state index contributed by atoms with van der Waals surface area (Å²) < 4.78 is 13.6. The number of hydrogen-bond donors (Lipinski definition) is 3. The first-order valence-electron chi connectivity index (χ1n) is 7.33. The maximum absolute atomic E-state index is 13.6. The summed E-state index contributed by atoms with van der Waals surface area (Å²) in [4.78, 5) is 4.34. The highest BCUT2D eigenvalue weighted by molar-refractivity contribution is 5.80. The highest BCUT2D eigenvalue weighted by Crippen LogP contribution is 2.16. The summed E-state index contributed by atoms with van der Waals surface area (Å²) in [6, 6.07) is 6.58. The first kappa shape index (κ1) is 15.5. The number of halogens is 1. The van der Waals surface area contributed by atoms with E-state index in [0.717, 1.165) is 19.4 Å². The molecule has 1 aliphatic carbocycles. The Morgan fingerprint density at radius 2 is 2.10 bits per heavy atom. The number of benzene rings is 1. The molecule has 0 fully saturated rings. The molecule has 0 amide bonds. The van der Waals surface area contributed by atoms with Gasteiger partial charge < -0.3 is 15.7 Å². The number of nitrogens with zero attached hydrogens (tertiary/aromatic N) is 1. The zero-order chi connectivity index (χ0) is 15.1. The first-order valence-corrected chi connectivity index (χ1v) is 7.33. The lowest BCUT2D eigenvalue weighted by Gasteiger charge is -2.17. The van der Waals surface area contributed by atoms with Crippen molar-refractivity contribution in [1.29, 1.82) is 0 Å². The summed E-state index contributed by atoms with van der Waals surface area (Å²) in [5.41, 5.74) is 0.277. The smallest absolute Gasteiger partial charge is 0.191 e. The topological polar surface area (TPSA) is 56.7 Å². The Kier molecular flexibility index (Phi) is 5.75. The molecule has 4 nitrogen and oxygen atoms in total. The van der Waals surface area contributed by atoms with E-state index in [4.69, 9.17) is 0 Å². The fraction of sp³-hybridized carbons (Fsp3) is 0.438. The molecular weight excluding hydrogens is 269 g/mol. The highest BCUT2D eigenvalue weighted by Gasteiger charge is 2.14. The number of guanidine groups is 1. The molecule has 1 aromatic rings. The van der Waals surface area contributed by atoms with E-state index < -0.39 is 11.9 Å². The van der Waals surface area contributed by atoms with E-state index in [1.807, 2.05) is 6.92 Å². The summed E-state index contributed by atoms with van der Waals surface area (Å²) in [6.45, 7) is 2.84. The molecule has 0 aliphatic heterocycles. The number of nitrogens with one attached hydrogen (secondary N) is 2. The van der Waals surface area contributed by atoms with Crippen LogP contribution in [0.4, 0.5) is 4.39 Å². The van der Waals surface area contributed by atoms with Gasteiger partial charge in [-0.2, -0.15) is 0 Å². The molecule has 0 bridgehead atoms. The van der Waals surface area contributed by atoms with E-state index in [-0.39, 0.29) is 12.1 Å². The van der Waals surface area contributed by atoms with Crippen LogP contribution in [0.5, 0.6) is 0 Å². The van der Waals surface area contributed by atoms with E-state index in [2.05, 4.69) is 27.8 Å². The van der Waals surface area contributed by atoms with Crippen molar-refractivity contribution >= 4 is 5.96 Å². The zero-order valence-electron chi connectivity index (χ0n) is 12.2. The van der Waals surface area contributed by atoms with E-state index >= 15 is 0 Å². The summed E-state index contributed by atoms with van der Waals surface area (Å²) in [5, 5.41) is 16.5. The van der Waals surface area contributed by atoms with Gasteiger partial charge in [0.1, 0.15) is 11.9 Å². The lowest BCUT2D eigenvalue weighted by Crippen LogP contribution is -2.42. The van der Waals surface area contributed by atoms with Crippen molar-refractivity contribution in [1.82, 2.24) is 10.6 Å². The maximum Gasteiger partial charge on any atom is 0.191 e. The van der Waals surface area contributed by atoms with Crippen LogP contribution in [0.25, 0.3) is 0 Å². The highest BCUT2D eigenvalue weighted by atomic mass is 19.1. The standard InChI is InChI=1S/C16H22FN3O/c1-2-18-16(20-12-7-3-4-8-12)19-11-15(21)13-9-5-6-10-14(13)17/h3-6,9-10,12,15,21H,2,7-8,11H2,1H3,(H2,18,19,20). The SMILES string of the molecule is CCNC(=NCC(O)c1ccccc1F)NC1CC=CC1. The van der Waals surface area contributed by atoms with Gasteiger partial charge >= 0.3 is 0 Å². The summed E-state index contributed by atoms with van der Waals surface area (Å²) in [7, 11) is 0. The minimum Gasteiger partial charge on any atom is -0.386 e. The molecule has 5 heteroatoms. The van der Waals surface area contributed by atoms with E-state index in [1.54, 1.807) is 18.2 Å². The van der Waals surface area contributed by atoms with Gasteiger partial charge in [-0.15, -0.1) is 0 Å². The van der Waals surface area contributed by atoms with Crippen LogP contribution >= 0.6 is 0 Å². The lowest BCUT2D eigenvalue weighted by molar-refractivity contribution is 0.182. The fourth-order valence-electron chi connectivity index (χ4n) is 2.27. The van der Waals surface area contributed by atoms with Crippen LogP contribution in [0.2, 0.25) is 0 Å². The van der Waals surface area contributed by atoms with Crippen LogP contribution in [0.15, 0.2) is 41.4 Å². The minimum atomic E-state index is -0.941. The van der Waals surface area contributed by atoms with Crippen molar-refractivity contribution in [3.63, 3.8) is 0 Å². The molecule has 3 N–H and O–H groups in total. The van der Waals surface area contributed by atoms with Crippen molar-refractivity contribution in [2.45, 2.75) is 31.9 Å². The van der Waals surface area contributed by atoms with Crippen LogP contribution in [0.1, 0.15) is 31.4 Å². The van der Waals surface area contributed by atoms with Gasteiger partial charge in [0.05, 0.1) is 6.54 Å². The Bertz CT molecular complexity index is 508. The molecule has 1 aromatic carbocycles. The van der Waals surface area contributed by atoms with E-state index in [1.165, 1.54) is 6.07 Å². The molecule has 0 saturated carbocycles. The van der Waals surface area contributed by atoms with Crippen LogP contribution in [-0.4, -0.2) is 30.2 Å². The molecule has 1 atom stereocenters. The van der Waals surface area contributed by atoms with Crippen molar-refractivity contribution in [3.8, 4) is 0 Å². The predicted molar refractivity (Wildman–Crippen MR) is 82.6 cm³/mol. The van der Waals surface area contributed by atoms with Gasteiger partial charge in [-0.05, 0) is 25.8 Å². The molecule has 0 spiro atoms. The molecule has 114 valence electrons. The second kappa shape index (κ2) is 7.78. The molecule has 0 heterocycles. The van der Waals surface area contributed by atoms with Gasteiger partial charge in [-0.3, -0.25) is 4.99 Å². The number of aliphatic imine (C=N–C) groups is 1. The zero-order valence-corrected chi connectivity index (χ0v) is 12.2. The molecule has 1 unspecified atom stereocenters. The Morgan fingerprint density at radius 1 is 1.38 bits per heavy atom. The average Bonchev–Trinajstić information content (AvgIpc) is 2.98. The third-order valence-corrected chi connectivity index (χ3v) is 3.38. The Balaban J connectivity index is 1.96. The largest absolute Gasteiger partial charge is 0.386 e. The molecule has 2 rings (SSSR count). The van der Waals surface area contributed by atoms with Crippen LogP contribution in [0.3, 0.4) is 0 Å². The van der Waals surface area contributed by atoms with Gasteiger partial charge in [0, 0.05) is 18.2 Å². The van der Waals surface area contributed by atoms with Crippen molar-refractivity contribution in [2.75, 3.05) is 13.1 Å². The second-order valence-corrected chi connectivity index (χ2v) is 5.04. The fourth-order valence-corrected chi connectivity index (χ4v) is 2.27. The van der Waals surface area contributed by atoms with E-state index in [0.29, 0.717) is 12.0 Å². The monoisotopic (exact) mass is 291 g/mol. The third kappa shape index (κ3) is 4.56. The van der Waals surface area contributed by atoms with Gasteiger partial charge in [0.25, 0.3) is 0 Å². The average molecular weight is 291 g/mol. The number of hydrogen-bond acceptors (Lipinski definition) is 2. The van der Waals surface area contributed by atoms with Gasteiger partial charge in [0.15, 0.2) is 5.96 Å². The maximum atomic E-state index is 13.6. The summed E-state index contributed by atoms with van der Waals surface area (Å²) >= 11 is 0. The number of aliphatic hydroxyl groups is 1. The number of aliphatic hydroxyl groups excluding tert-OH is 1. The van der Waals surface area contributed by atoms with Gasteiger partial charge in [-0.1, -0.05) is 30.4 Å².